The van der Waals surface area contributed by atoms with Crippen molar-refractivity contribution in [1.29, 1.82) is 0 Å². The SMILES string of the molecule is O=C(N/N=C\c1ccc(OCc2cccc3ccccc23)cc1)c1ccc([C@H]2SCC(=O)N2Cc2ccccc2)cc1. The molecule has 1 atom stereocenters. The molecule has 2 amide bonds. The first-order valence-corrected chi connectivity index (χ1v) is 14.8. The lowest BCUT2D eigenvalue weighted by molar-refractivity contribution is -0.128. The van der Waals surface area contributed by atoms with Gasteiger partial charge >= 0.3 is 0 Å². The molecule has 0 aromatic heterocycles. The van der Waals surface area contributed by atoms with Crippen molar-refractivity contribution in [3.8, 4) is 5.75 Å². The topological polar surface area (TPSA) is 71.0 Å². The predicted octanol–water partition coefficient (Wildman–Crippen LogP) is 6.96. The summed E-state index contributed by atoms with van der Waals surface area (Å²) in [6.07, 6.45) is 1.60. The minimum absolute atomic E-state index is 0.0770. The number of thioether (sulfide) groups is 1. The highest BCUT2D eigenvalue weighted by Gasteiger charge is 2.32. The van der Waals surface area contributed by atoms with Crippen molar-refractivity contribution in [2.45, 2.75) is 18.5 Å². The zero-order valence-corrected chi connectivity index (χ0v) is 23.7. The van der Waals surface area contributed by atoms with Crippen molar-refractivity contribution in [2.24, 2.45) is 5.10 Å². The van der Waals surface area contributed by atoms with E-state index < -0.39 is 0 Å². The lowest BCUT2D eigenvalue weighted by Gasteiger charge is -2.24. The molecule has 0 spiro atoms. The van der Waals surface area contributed by atoms with Crippen molar-refractivity contribution in [3.05, 3.63) is 149 Å². The van der Waals surface area contributed by atoms with Gasteiger partial charge in [0.25, 0.3) is 5.91 Å². The van der Waals surface area contributed by atoms with Crippen molar-refractivity contribution >= 4 is 40.6 Å². The molecule has 0 saturated carbocycles. The molecule has 5 aromatic carbocycles. The van der Waals surface area contributed by atoms with Gasteiger partial charge in [0.15, 0.2) is 0 Å². The molecule has 5 aromatic rings. The zero-order valence-electron chi connectivity index (χ0n) is 22.9. The van der Waals surface area contributed by atoms with Gasteiger partial charge < -0.3 is 9.64 Å². The third-order valence-electron chi connectivity index (χ3n) is 7.16. The van der Waals surface area contributed by atoms with Crippen LogP contribution in [0.25, 0.3) is 10.8 Å². The molecule has 0 bridgehead atoms. The van der Waals surface area contributed by atoms with Crippen molar-refractivity contribution < 1.29 is 14.3 Å². The molecule has 0 unspecified atom stereocenters. The van der Waals surface area contributed by atoms with Crippen LogP contribution in [-0.2, 0) is 17.9 Å². The summed E-state index contributed by atoms with van der Waals surface area (Å²) in [4.78, 5) is 27.1. The van der Waals surface area contributed by atoms with E-state index in [1.807, 2.05) is 89.8 Å². The molecule has 0 radical (unpaired) electrons. The van der Waals surface area contributed by atoms with Crippen molar-refractivity contribution in [3.63, 3.8) is 0 Å². The van der Waals surface area contributed by atoms with Crippen LogP contribution < -0.4 is 10.2 Å². The van der Waals surface area contributed by atoms with E-state index in [1.165, 1.54) is 10.8 Å². The third kappa shape index (κ3) is 6.37. The summed E-state index contributed by atoms with van der Waals surface area (Å²) in [7, 11) is 0. The number of carbonyl (C=O) groups excluding carboxylic acids is 2. The van der Waals surface area contributed by atoms with Crippen LogP contribution in [0.3, 0.4) is 0 Å². The number of ether oxygens (including phenoxy) is 1. The van der Waals surface area contributed by atoms with Gasteiger partial charge in [0.2, 0.25) is 5.91 Å². The number of nitrogens with zero attached hydrogens (tertiary/aromatic N) is 2. The third-order valence-corrected chi connectivity index (χ3v) is 8.41. The number of rotatable bonds is 9. The number of hydrazone groups is 1. The highest BCUT2D eigenvalue weighted by Crippen LogP contribution is 2.39. The number of fused-ring (bicyclic) bond motifs is 1. The van der Waals surface area contributed by atoms with Crippen LogP contribution >= 0.6 is 11.8 Å². The van der Waals surface area contributed by atoms with E-state index in [0.717, 1.165) is 28.0 Å². The second-order valence-electron chi connectivity index (χ2n) is 9.99. The molecule has 1 fully saturated rings. The van der Waals surface area contributed by atoms with Crippen LogP contribution in [0.5, 0.6) is 5.75 Å². The average Bonchev–Trinajstić information content (AvgIpc) is 3.40. The lowest BCUT2D eigenvalue weighted by Crippen LogP contribution is -2.27. The van der Waals surface area contributed by atoms with Crippen LogP contribution in [0.2, 0.25) is 0 Å². The van der Waals surface area contributed by atoms with Gasteiger partial charge in [0.05, 0.1) is 12.0 Å². The Kier molecular flexibility index (Phi) is 8.28. The molecular weight excluding hydrogens is 542 g/mol. The molecular formula is C35H29N3O3S. The lowest BCUT2D eigenvalue weighted by atomic mass is 10.1. The Morgan fingerprint density at radius 2 is 1.62 bits per heavy atom. The maximum atomic E-state index is 12.7. The average molecular weight is 572 g/mol. The van der Waals surface area contributed by atoms with Gasteiger partial charge in [0, 0.05) is 12.1 Å². The number of amides is 2. The number of carbonyl (C=O) groups is 2. The molecule has 1 aliphatic heterocycles. The minimum Gasteiger partial charge on any atom is -0.489 e. The quantitative estimate of drug-likeness (QED) is 0.153. The Hall–Kier alpha value is -4.88. The van der Waals surface area contributed by atoms with Gasteiger partial charge in [-0.05, 0) is 69.4 Å². The summed E-state index contributed by atoms with van der Waals surface area (Å²) in [6.45, 7) is 1.04. The Morgan fingerprint density at radius 1 is 0.881 bits per heavy atom. The number of benzene rings is 5. The van der Waals surface area contributed by atoms with E-state index in [-0.39, 0.29) is 17.2 Å². The molecule has 6 nitrogen and oxygen atoms in total. The first-order chi connectivity index (χ1) is 20.6. The molecule has 1 heterocycles. The fourth-order valence-corrected chi connectivity index (χ4v) is 6.13. The van der Waals surface area contributed by atoms with Gasteiger partial charge in [-0.2, -0.15) is 5.10 Å². The maximum Gasteiger partial charge on any atom is 0.271 e. The molecule has 42 heavy (non-hydrogen) atoms. The largest absolute Gasteiger partial charge is 0.489 e. The Bertz CT molecular complexity index is 1720. The van der Waals surface area contributed by atoms with E-state index in [1.54, 1.807) is 30.1 Å². The van der Waals surface area contributed by atoms with Crippen LogP contribution in [0.4, 0.5) is 0 Å². The number of hydrogen-bond acceptors (Lipinski definition) is 5. The first-order valence-electron chi connectivity index (χ1n) is 13.7. The molecule has 1 saturated heterocycles. The fourth-order valence-electron chi connectivity index (χ4n) is 4.94. The van der Waals surface area contributed by atoms with Crippen molar-refractivity contribution in [1.82, 2.24) is 10.3 Å². The highest BCUT2D eigenvalue weighted by molar-refractivity contribution is 8.00. The summed E-state index contributed by atoms with van der Waals surface area (Å²) >= 11 is 1.60. The van der Waals surface area contributed by atoms with E-state index >= 15 is 0 Å². The van der Waals surface area contributed by atoms with Gasteiger partial charge in [-0.1, -0.05) is 84.9 Å². The smallest absolute Gasteiger partial charge is 0.271 e. The summed E-state index contributed by atoms with van der Waals surface area (Å²) in [5.41, 5.74) is 7.14. The maximum absolute atomic E-state index is 12.7. The van der Waals surface area contributed by atoms with Crippen LogP contribution in [0.1, 0.15) is 38.0 Å². The minimum atomic E-state index is -0.302. The predicted molar refractivity (Wildman–Crippen MR) is 168 cm³/mol. The Balaban J connectivity index is 1.02. The molecule has 208 valence electrons. The van der Waals surface area contributed by atoms with E-state index in [4.69, 9.17) is 4.74 Å². The Labute approximate surface area is 249 Å². The monoisotopic (exact) mass is 571 g/mol. The number of hydrogen-bond donors (Lipinski definition) is 1. The molecule has 1 N–H and O–H groups in total. The van der Waals surface area contributed by atoms with Crippen molar-refractivity contribution in [2.75, 3.05) is 5.75 Å². The van der Waals surface area contributed by atoms with Gasteiger partial charge in [-0.3, -0.25) is 9.59 Å². The summed E-state index contributed by atoms with van der Waals surface area (Å²) in [6, 6.07) is 39.4. The fraction of sp³-hybridized carbons (Fsp3) is 0.114. The Morgan fingerprint density at radius 3 is 2.43 bits per heavy atom. The van der Waals surface area contributed by atoms with E-state index in [0.29, 0.717) is 24.5 Å². The first kappa shape index (κ1) is 27.3. The second-order valence-corrected chi connectivity index (χ2v) is 11.1. The van der Waals surface area contributed by atoms with Gasteiger partial charge in [-0.25, -0.2) is 5.43 Å². The molecule has 7 heteroatoms. The molecule has 0 aliphatic carbocycles. The highest BCUT2D eigenvalue weighted by atomic mass is 32.2. The number of nitrogens with one attached hydrogen (secondary N) is 1. The molecule has 6 rings (SSSR count). The van der Waals surface area contributed by atoms with Crippen LogP contribution in [0.15, 0.2) is 126 Å². The van der Waals surface area contributed by atoms with E-state index in [9.17, 15) is 9.59 Å². The van der Waals surface area contributed by atoms with Gasteiger partial charge in [0.1, 0.15) is 17.7 Å². The summed E-state index contributed by atoms with van der Waals surface area (Å²) < 4.78 is 6.01. The summed E-state index contributed by atoms with van der Waals surface area (Å²) in [5, 5.41) is 6.42. The standard InChI is InChI=1S/C35H29N3O3S/c39-33-24-42-35(38(33)22-26-7-2-1-3-8-26)29-17-15-28(16-18-29)34(40)37-36-21-25-13-19-31(20-14-25)41-23-30-11-6-10-27-9-4-5-12-32(27)30/h1-21,35H,22-24H2,(H,37,40)/b36-21-/t35-/m1/s1. The zero-order chi connectivity index (χ0) is 28.7. The van der Waals surface area contributed by atoms with Crippen LogP contribution in [-0.4, -0.2) is 28.7 Å². The second kappa shape index (κ2) is 12.7. The normalized spacial score (nSPS) is 14.9. The van der Waals surface area contributed by atoms with E-state index in [2.05, 4.69) is 34.8 Å². The van der Waals surface area contributed by atoms with Crippen LogP contribution in [0, 0.1) is 0 Å². The summed E-state index contributed by atoms with van der Waals surface area (Å²) in [5.74, 6) is 1.03. The van der Waals surface area contributed by atoms with Gasteiger partial charge in [-0.15, -0.1) is 11.8 Å². The molecule has 1 aliphatic rings.